The first-order valence-electron chi connectivity index (χ1n) is 8.95. The number of nitrogens with two attached hydrogens (primary N) is 1. The predicted molar refractivity (Wildman–Crippen MR) is 95.9 cm³/mol. The van der Waals surface area contributed by atoms with E-state index in [1.165, 1.54) is 31.4 Å². The molecular formula is C19H25FN4O. The van der Waals surface area contributed by atoms with Crippen LogP contribution in [0.25, 0.3) is 11.0 Å². The topological polar surface area (TPSA) is 80.9 Å². The van der Waals surface area contributed by atoms with Gasteiger partial charge in [0.1, 0.15) is 11.3 Å². The Bertz CT molecular complexity index is 787. The standard InChI is InChI=1S/C19H25FN4O/c1-11-12(2)23-18-15(8-14(20)9-16(18)22-11)19(25)24-17(10-21)13-6-4-3-5-7-13/h8-9,13,17H,3-7,10,21H2,1-2H3,(H,24,25). The average molecular weight is 344 g/mol. The Balaban J connectivity index is 1.91. The van der Waals surface area contributed by atoms with E-state index in [4.69, 9.17) is 5.73 Å². The van der Waals surface area contributed by atoms with Crippen LogP contribution in [0.15, 0.2) is 12.1 Å². The number of carbonyl (C=O) groups excluding carboxylic acids is 1. The van der Waals surface area contributed by atoms with Crippen molar-refractivity contribution in [1.29, 1.82) is 0 Å². The van der Waals surface area contributed by atoms with Crippen LogP contribution in [0.5, 0.6) is 0 Å². The Morgan fingerprint density at radius 1 is 1.24 bits per heavy atom. The van der Waals surface area contributed by atoms with Gasteiger partial charge in [-0.15, -0.1) is 0 Å². The number of fused-ring (bicyclic) bond motifs is 1. The van der Waals surface area contributed by atoms with Gasteiger partial charge in [0, 0.05) is 18.7 Å². The molecule has 25 heavy (non-hydrogen) atoms. The van der Waals surface area contributed by atoms with Crippen molar-refractivity contribution in [3.63, 3.8) is 0 Å². The van der Waals surface area contributed by atoms with E-state index in [0.29, 0.717) is 23.5 Å². The molecule has 0 aliphatic heterocycles. The number of aromatic nitrogens is 2. The van der Waals surface area contributed by atoms with E-state index >= 15 is 0 Å². The maximum absolute atomic E-state index is 14.0. The summed E-state index contributed by atoms with van der Waals surface area (Å²) in [5.74, 6) is -0.433. The second-order valence-electron chi connectivity index (χ2n) is 6.93. The molecule has 3 N–H and O–H groups in total. The van der Waals surface area contributed by atoms with E-state index < -0.39 is 5.82 Å². The number of benzene rings is 1. The number of carbonyl (C=O) groups is 1. The van der Waals surface area contributed by atoms with Gasteiger partial charge in [-0.25, -0.2) is 14.4 Å². The highest BCUT2D eigenvalue weighted by Gasteiger charge is 2.25. The lowest BCUT2D eigenvalue weighted by Gasteiger charge is -2.30. The fourth-order valence-corrected chi connectivity index (χ4v) is 3.62. The van der Waals surface area contributed by atoms with E-state index in [1.807, 2.05) is 13.8 Å². The van der Waals surface area contributed by atoms with Gasteiger partial charge in [0.15, 0.2) is 0 Å². The highest BCUT2D eigenvalue weighted by molar-refractivity contribution is 6.04. The number of hydrogen-bond donors (Lipinski definition) is 2. The van der Waals surface area contributed by atoms with E-state index in [-0.39, 0.29) is 17.5 Å². The number of nitrogens with one attached hydrogen (secondary N) is 1. The molecule has 1 atom stereocenters. The van der Waals surface area contributed by atoms with Crippen molar-refractivity contribution in [3.05, 3.63) is 34.9 Å². The van der Waals surface area contributed by atoms with Crippen molar-refractivity contribution in [2.45, 2.75) is 52.0 Å². The van der Waals surface area contributed by atoms with E-state index in [0.717, 1.165) is 24.2 Å². The van der Waals surface area contributed by atoms with Crippen molar-refractivity contribution in [2.24, 2.45) is 11.7 Å². The van der Waals surface area contributed by atoms with Crippen molar-refractivity contribution < 1.29 is 9.18 Å². The predicted octanol–water partition coefficient (Wildman–Crippen LogP) is 3.02. The zero-order valence-corrected chi connectivity index (χ0v) is 14.8. The highest BCUT2D eigenvalue weighted by Crippen LogP contribution is 2.27. The van der Waals surface area contributed by atoms with Gasteiger partial charge in [-0.05, 0) is 38.7 Å². The monoisotopic (exact) mass is 344 g/mol. The van der Waals surface area contributed by atoms with Crippen molar-refractivity contribution >= 4 is 16.9 Å². The Morgan fingerprint density at radius 2 is 1.92 bits per heavy atom. The fraction of sp³-hybridized carbons (Fsp3) is 0.526. The van der Waals surface area contributed by atoms with Gasteiger partial charge in [-0.3, -0.25) is 4.79 Å². The molecule has 2 aromatic rings. The fourth-order valence-electron chi connectivity index (χ4n) is 3.62. The lowest BCUT2D eigenvalue weighted by atomic mass is 9.84. The Hall–Kier alpha value is -2.08. The molecule has 1 amide bonds. The largest absolute Gasteiger partial charge is 0.348 e. The smallest absolute Gasteiger partial charge is 0.253 e. The maximum Gasteiger partial charge on any atom is 0.253 e. The van der Waals surface area contributed by atoms with Crippen LogP contribution in [0, 0.1) is 25.6 Å². The van der Waals surface area contributed by atoms with Crippen LogP contribution in [-0.2, 0) is 0 Å². The SMILES string of the molecule is Cc1nc2cc(F)cc(C(=O)NC(CN)C3CCCCC3)c2nc1C. The number of nitrogens with zero attached hydrogens (tertiary/aromatic N) is 2. The number of hydrogen-bond acceptors (Lipinski definition) is 4. The molecule has 0 spiro atoms. The van der Waals surface area contributed by atoms with E-state index in [1.54, 1.807) is 0 Å². The molecule has 1 saturated carbocycles. The van der Waals surface area contributed by atoms with E-state index in [2.05, 4.69) is 15.3 Å². The highest BCUT2D eigenvalue weighted by atomic mass is 19.1. The van der Waals surface area contributed by atoms with Gasteiger partial charge in [0.05, 0.1) is 22.5 Å². The van der Waals surface area contributed by atoms with Gasteiger partial charge in [0.2, 0.25) is 0 Å². The summed E-state index contributed by atoms with van der Waals surface area (Å²) < 4.78 is 14.0. The third kappa shape index (κ3) is 3.79. The van der Waals surface area contributed by atoms with Gasteiger partial charge in [0.25, 0.3) is 5.91 Å². The number of halogens is 1. The molecule has 1 aromatic heterocycles. The third-order valence-electron chi connectivity index (χ3n) is 5.18. The van der Waals surface area contributed by atoms with Crippen LogP contribution >= 0.6 is 0 Å². The van der Waals surface area contributed by atoms with Crippen LogP contribution < -0.4 is 11.1 Å². The first kappa shape index (κ1) is 17.7. The van der Waals surface area contributed by atoms with Gasteiger partial charge >= 0.3 is 0 Å². The van der Waals surface area contributed by atoms with Crippen molar-refractivity contribution in [2.75, 3.05) is 6.54 Å². The molecule has 1 unspecified atom stereocenters. The van der Waals surface area contributed by atoms with E-state index in [9.17, 15) is 9.18 Å². The van der Waals surface area contributed by atoms with Crippen molar-refractivity contribution in [1.82, 2.24) is 15.3 Å². The number of aryl methyl sites for hydroxylation is 2. The first-order valence-corrected chi connectivity index (χ1v) is 8.95. The summed E-state index contributed by atoms with van der Waals surface area (Å²) in [5.41, 5.74) is 8.41. The lowest BCUT2D eigenvalue weighted by Crippen LogP contribution is -2.46. The van der Waals surface area contributed by atoms with Crippen LogP contribution in [0.4, 0.5) is 4.39 Å². The minimum Gasteiger partial charge on any atom is -0.348 e. The van der Waals surface area contributed by atoms with Crippen LogP contribution in [0.2, 0.25) is 0 Å². The van der Waals surface area contributed by atoms with Gasteiger partial charge < -0.3 is 11.1 Å². The van der Waals surface area contributed by atoms with Gasteiger partial charge in [-0.1, -0.05) is 19.3 Å². The summed E-state index contributed by atoms with van der Waals surface area (Å²) in [6.45, 7) is 4.03. The Kier molecular flexibility index (Phi) is 5.27. The first-order chi connectivity index (χ1) is 12.0. The summed E-state index contributed by atoms with van der Waals surface area (Å²) in [6, 6.07) is 2.45. The summed E-state index contributed by atoms with van der Waals surface area (Å²) in [6.07, 6.45) is 5.73. The normalized spacial score (nSPS) is 16.8. The molecule has 1 aliphatic carbocycles. The minimum absolute atomic E-state index is 0.0920. The summed E-state index contributed by atoms with van der Waals surface area (Å²) in [4.78, 5) is 21.6. The molecular weight excluding hydrogens is 319 g/mol. The summed E-state index contributed by atoms with van der Waals surface area (Å²) >= 11 is 0. The zero-order chi connectivity index (χ0) is 18.0. The molecule has 1 fully saturated rings. The number of rotatable bonds is 4. The Labute approximate surface area is 147 Å². The van der Waals surface area contributed by atoms with Crippen molar-refractivity contribution in [3.8, 4) is 0 Å². The molecule has 0 radical (unpaired) electrons. The molecule has 6 heteroatoms. The zero-order valence-electron chi connectivity index (χ0n) is 14.8. The quantitative estimate of drug-likeness (QED) is 0.893. The summed E-state index contributed by atoms with van der Waals surface area (Å²) in [5, 5.41) is 3.01. The number of amides is 1. The molecule has 0 saturated heterocycles. The maximum atomic E-state index is 14.0. The second kappa shape index (κ2) is 7.44. The Morgan fingerprint density at radius 3 is 2.60 bits per heavy atom. The average Bonchev–Trinajstić information content (AvgIpc) is 2.61. The molecule has 3 rings (SSSR count). The van der Waals surface area contributed by atoms with Crippen LogP contribution in [0.3, 0.4) is 0 Å². The molecule has 1 heterocycles. The lowest BCUT2D eigenvalue weighted by molar-refractivity contribution is 0.0916. The molecule has 5 nitrogen and oxygen atoms in total. The van der Waals surface area contributed by atoms with Crippen LogP contribution in [-0.4, -0.2) is 28.5 Å². The summed E-state index contributed by atoms with van der Waals surface area (Å²) in [7, 11) is 0. The molecule has 1 aromatic carbocycles. The molecule has 1 aliphatic rings. The minimum atomic E-state index is -0.489. The third-order valence-corrected chi connectivity index (χ3v) is 5.18. The molecule has 134 valence electrons. The molecule has 0 bridgehead atoms. The second-order valence-corrected chi connectivity index (χ2v) is 6.93. The van der Waals surface area contributed by atoms with Gasteiger partial charge in [-0.2, -0.15) is 0 Å². The van der Waals surface area contributed by atoms with Crippen LogP contribution in [0.1, 0.15) is 53.8 Å².